The molecule has 0 amide bonds. The van der Waals surface area contributed by atoms with Crippen molar-refractivity contribution in [2.75, 3.05) is 0 Å². The van der Waals surface area contributed by atoms with E-state index in [1.165, 1.54) is 60.6 Å². The molecule has 0 bridgehead atoms. The molecule has 2 unspecified atom stereocenters. The Bertz CT molecular complexity index is 4080. The summed E-state index contributed by atoms with van der Waals surface area (Å²) in [6.07, 6.45) is 2.02. The number of hydrogen-bond donors (Lipinski definition) is 0. The second-order valence-electron chi connectivity index (χ2n) is 20.5. The SMILES string of the molecule is Cc1cc(-c2ccccc2)cc(C)c1-n1c(-c2[c-]cc(F)c3c2sc2ccccc23)nc2cc3c(cc21)c(C)c(C)c1ccccc13.[2H]C(C)(c1cc(-c2[c-]cccc2)ncc1[Si](C)(C)C)C(C)c1ccccc1.[Ir]. The average molecular weight is 1180 g/mol. The molecule has 12 aromatic rings. The van der Waals surface area contributed by atoms with Crippen LogP contribution in [0.25, 0.3) is 92.2 Å². The number of halogens is 1. The van der Waals surface area contributed by atoms with Crippen LogP contribution in [0.4, 0.5) is 4.39 Å². The minimum atomic E-state index is -1.65. The van der Waals surface area contributed by atoms with Gasteiger partial charge in [0.15, 0.2) is 0 Å². The Labute approximate surface area is 454 Å². The van der Waals surface area contributed by atoms with Gasteiger partial charge in [0.1, 0.15) is 0 Å². The van der Waals surface area contributed by atoms with Gasteiger partial charge in [-0.2, -0.15) is 11.3 Å². The van der Waals surface area contributed by atoms with Crippen LogP contribution in [0.1, 0.15) is 60.4 Å². The number of pyridine rings is 1. The molecule has 9 aromatic carbocycles. The number of imidazole rings is 1. The molecule has 0 aliphatic carbocycles. The number of hydrogen-bond acceptors (Lipinski definition) is 3. The van der Waals surface area contributed by atoms with Crippen LogP contribution in [0.2, 0.25) is 19.6 Å². The molecule has 0 N–H and O–H groups in total. The third-order valence-electron chi connectivity index (χ3n) is 14.9. The van der Waals surface area contributed by atoms with Gasteiger partial charge in [-0.3, -0.25) is 9.37 Å². The van der Waals surface area contributed by atoms with Crippen molar-refractivity contribution in [1.29, 1.82) is 0 Å². The van der Waals surface area contributed by atoms with Crippen molar-refractivity contribution < 1.29 is 25.9 Å². The first-order valence-corrected chi connectivity index (χ1v) is 29.5. The van der Waals surface area contributed by atoms with E-state index in [9.17, 15) is 1.37 Å². The molecular formula is C67H58FIrN3SSi-2. The molecule has 369 valence electrons. The predicted octanol–water partition coefficient (Wildman–Crippen LogP) is 18.2. The number of nitrogens with zero attached hydrogens (tertiary/aromatic N) is 3. The van der Waals surface area contributed by atoms with Crippen molar-refractivity contribution in [3.8, 4) is 39.5 Å². The number of rotatable bonds is 8. The van der Waals surface area contributed by atoms with Crippen molar-refractivity contribution in [2.45, 2.75) is 73.0 Å². The Morgan fingerprint density at radius 1 is 0.662 bits per heavy atom. The molecule has 0 fully saturated rings. The van der Waals surface area contributed by atoms with Crippen LogP contribution in [0.15, 0.2) is 176 Å². The maximum Gasteiger partial charge on any atom is 0.0799 e. The topological polar surface area (TPSA) is 30.7 Å². The number of aryl methyl sites for hydroxylation is 4. The summed E-state index contributed by atoms with van der Waals surface area (Å²) in [5.74, 6) is -0.163. The minimum absolute atomic E-state index is 0. The van der Waals surface area contributed by atoms with Gasteiger partial charge in [0.25, 0.3) is 0 Å². The van der Waals surface area contributed by atoms with E-state index in [0.717, 1.165) is 70.8 Å². The van der Waals surface area contributed by atoms with Gasteiger partial charge in [0.2, 0.25) is 0 Å². The molecule has 0 saturated carbocycles. The zero-order chi connectivity index (χ0) is 51.6. The Balaban J connectivity index is 0.000000196. The zero-order valence-electron chi connectivity index (χ0n) is 44.3. The number of aromatic nitrogens is 3. The average Bonchev–Trinajstić information content (AvgIpc) is 3.99. The number of fused-ring (bicyclic) bond motifs is 7. The summed E-state index contributed by atoms with van der Waals surface area (Å²) in [7, 11) is -1.65. The molecule has 0 spiro atoms. The Morgan fingerprint density at radius 2 is 1.30 bits per heavy atom. The van der Waals surface area contributed by atoms with E-state index >= 15 is 4.39 Å². The largest absolute Gasteiger partial charge is 0.333 e. The Hall–Kier alpha value is -6.86. The molecular weight excluding hydrogens is 1120 g/mol. The fraction of sp³-hybridized carbons (Fsp3) is 0.164. The van der Waals surface area contributed by atoms with Crippen LogP contribution in [0.5, 0.6) is 0 Å². The third-order valence-corrected chi connectivity index (χ3v) is 18.1. The molecule has 0 aliphatic heterocycles. The van der Waals surface area contributed by atoms with E-state index in [-0.39, 0.29) is 31.8 Å². The van der Waals surface area contributed by atoms with Crippen molar-refractivity contribution in [3.05, 3.63) is 227 Å². The van der Waals surface area contributed by atoms with Crippen LogP contribution < -0.4 is 5.19 Å². The quantitative estimate of drug-likeness (QED) is 0.0862. The van der Waals surface area contributed by atoms with E-state index in [2.05, 4.69) is 180 Å². The van der Waals surface area contributed by atoms with Crippen LogP contribution >= 0.6 is 11.3 Å². The van der Waals surface area contributed by atoms with Crippen molar-refractivity contribution >= 4 is 77.3 Å². The molecule has 3 nitrogen and oxygen atoms in total. The van der Waals surface area contributed by atoms with E-state index < -0.39 is 14.0 Å². The third kappa shape index (κ3) is 9.15. The molecule has 7 heteroatoms. The molecule has 74 heavy (non-hydrogen) atoms. The molecule has 12 rings (SSSR count). The van der Waals surface area contributed by atoms with E-state index in [1.807, 2.05) is 67.7 Å². The molecule has 1 radical (unpaired) electrons. The van der Waals surface area contributed by atoms with Crippen molar-refractivity contribution in [1.82, 2.24) is 14.5 Å². The Morgan fingerprint density at radius 3 is 1.99 bits per heavy atom. The first kappa shape index (κ1) is 49.4. The predicted molar refractivity (Wildman–Crippen MR) is 312 cm³/mol. The van der Waals surface area contributed by atoms with E-state index in [4.69, 9.17) is 9.97 Å². The van der Waals surface area contributed by atoms with E-state index in [1.54, 1.807) is 11.3 Å². The van der Waals surface area contributed by atoms with Gasteiger partial charge >= 0.3 is 0 Å². The van der Waals surface area contributed by atoms with Gasteiger partial charge in [-0.15, -0.1) is 48.0 Å². The zero-order valence-corrected chi connectivity index (χ0v) is 47.5. The van der Waals surface area contributed by atoms with Crippen LogP contribution in [0.3, 0.4) is 0 Å². The Kier molecular flexibility index (Phi) is 13.6. The normalized spacial score (nSPS) is 13.1. The number of benzene rings is 9. The molecule has 0 saturated heterocycles. The summed E-state index contributed by atoms with van der Waals surface area (Å²) in [6.45, 7) is 20.0. The van der Waals surface area contributed by atoms with Crippen molar-refractivity contribution in [2.24, 2.45) is 0 Å². The maximum atomic E-state index is 15.6. The molecule has 3 aromatic heterocycles. The number of thiophene rings is 1. The fourth-order valence-corrected chi connectivity index (χ4v) is 13.5. The van der Waals surface area contributed by atoms with Gasteiger partial charge < -0.3 is 9.55 Å². The van der Waals surface area contributed by atoms with Crippen LogP contribution in [0, 0.1) is 45.6 Å². The second kappa shape index (κ2) is 20.5. The summed E-state index contributed by atoms with van der Waals surface area (Å²) in [4.78, 5) is 10.1. The van der Waals surface area contributed by atoms with Gasteiger partial charge in [-0.25, -0.2) is 0 Å². The summed E-state index contributed by atoms with van der Waals surface area (Å²) < 4.78 is 29.2. The monoisotopic (exact) mass is 1180 g/mol. The van der Waals surface area contributed by atoms with Gasteiger partial charge in [0, 0.05) is 43.9 Å². The summed E-state index contributed by atoms with van der Waals surface area (Å²) in [5.41, 5.74) is 15.2. The van der Waals surface area contributed by atoms with Crippen LogP contribution in [-0.4, -0.2) is 22.6 Å². The standard InChI is InChI=1S/C43H30FN2S.C24H28NSi.Ir/c1-24-20-29(28-12-6-5-7-13-28)21-25(2)41(24)46-38-23-34-27(4)26(3)30-14-8-9-15-31(30)35(34)22-37(38)45-43(46)33-18-19-36(44)40-32-16-10-11-17-39(32)47-42(33)40;1-18(20-12-8-6-9-13-20)19(2)22-16-23(21-14-10-7-11-15-21)25-17-24(22)26(3,4)5;/h5-17,19-23H,1-4H3;6-14,16-19H,1-5H3;/q2*-1;/i;19D;. The fourth-order valence-electron chi connectivity index (χ4n) is 10.8. The second-order valence-corrected chi connectivity index (χ2v) is 26.6. The summed E-state index contributed by atoms with van der Waals surface area (Å²) >= 11 is 1.60. The molecule has 0 aliphatic rings. The van der Waals surface area contributed by atoms with Gasteiger partial charge in [-0.05, 0) is 157 Å². The molecule has 2 atom stereocenters. The first-order valence-electron chi connectivity index (χ1n) is 25.7. The van der Waals surface area contributed by atoms with E-state index in [0.29, 0.717) is 5.39 Å². The first-order chi connectivity index (χ1) is 35.6. The minimum Gasteiger partial charge on any atom is -0.333 e. The smallest absolute Gasteiger partial charge is 0.0799 e. The van der Waals surface area contributed by atoms with Gasteiger partial charge in [-0.1, -0.05) is 154 Å². The van der Waals surface area contributed by atoms with Crippen molar-refractivity contribution in [3.63, 3.8) is 0 Å². The maximum absolute atomic E-state index is 15.6. The summed E-state index contributed by atoms with van der Waals surface area (Å²) in [6, 6.07) is 64.8. The molecule has 3 heterocycles. The van der Waals surface area contributed by atoms with Crippen LogP contribution in [-0.2, 0) is 20.1 Å². The summed E-state index contributed by atoms with van der Waals surface area (Å²) in [5, 5.41) is 7.71. The van der Waals surface area contributed by atoms with Gasteiger partial charge in [0.05, 0.1) is 24.9 Å².